The van der Waals surface area contributed by atoms with Crippen molar-refractivity contribution in [2.75, 3.05) is 13.6 Å². The molecule has 2 N–H and O–H groups in total. The molecular weight excluding hydrogens is 210 g/mol. The van der Waals surface area contributed by atoms with Crippen LogP contribution in [-0.4, -0.2) is 30.5 Å². The minimum Gasteiger partial charge on any atom is -0.370 e. The molecule has 0 heterocycles. The van der Waals surface area contributed by atoms with Crippen LogP contribution < -0.4 is 5.73 Å². The van der Waals surface area contributed by atoms with E-state index < -0.39 is 0 Å². The van der Waals surface area contributed by atoms with E-state index in [1.807, 2.05) is 0 Å². The lowest BCUT2D eigenvalue weighted by atomic mass is 9.81. The Bertz CT molecular complexity index is 263. The van der Waals surface area contributed by atoms with Gasteiger partial charge in [-0.15, -0.1) is 0 Å². The number of aliphatic imine (C=N–C) groups is 1. The van der Waals surface area contributed by atoms with E-state index in [9.17, 15) is 0 Å². The van der Waals surface area contributed by atoms with Crippen LogP contribution in [-0.2, 0) is 0 Å². The average Bonchev–Trinajstić information content (AvgIpc) is 3.20. The summed E-state index contributed by atoms with van der Waals surface area (Å²) < 4.78 is 0. The average molecular weight is 237 g/mol. The molecule has 3 nitrogen and oxygen atoms in total. The predicted octanol–water partition coefficient (Wildman–Crippen LogP) is 2.61. The molecule has 2 aliphatic carbocycles. The highest BCUT2D eigenvalue weighted by Gasteiger charge is 2.27. The number of guanidine groups is 1. The molecule has 3 heteroatoms. The summed E-state index contributed by atoms with van der Waals surface area (Å²) in [5.74, 6) is 2.51. The van der Waals surface area contributed by atoms with Crippen LogP contribution in [0, 0.1) is 11.8 Å². The molecule has 0 saturated heterocycles. The van der Waals surface area contributed by atoms with Crippen LogP contribution in [0.4, 0.5) is 0 Å². The zero-order chi connectivity index (χ0) is 12.3. The summed E-state index contributed by atoms with van der Waals surface area (Å²) in [6, 6.07) is 0.676. The maximum Gasteiger partial charge on any atom is 0.191 e. The molecule has 2 saturated carbocycles. The lowest BCUT2D eigenvalue weighted by Gasteiger charge is -2.27. The highest BCUT2D eigenvalue weighted by atomic mass is 15.3. The van der Waals surface area contributed by atoms with E-state index in [0.717, 1.165) is 24.3 Å². The smallest absolute Gasteiger partial charge is 0.191 e. The Morgan fingerprint density at radius 2 is 1.71 bits per heavy atom. The van der Waals surface area contributed by atoms with Crippen LogP contribution >= 0.6 is 0 Å². The van der Waals surface area contributed by atoms with E-state index in [0.29, 0.717) is 6.04 Å². The summed E-state index contributed by atoms with van der Waals surface area (Å²) in [6.07, 6.45) is 9.42. The van der Waals surface area contributed by atoms with Crippen molar-refractivity contribution >= 4 is 5.96 Å². The first kappa shape index (κ1) is 12.7. The second-order valence-electron chi connectivity index (χ2n) is 5.84. The molecule has 0 aliphatic heterocycles. The molecule has 0 aromatic rings. The van der Waals surface area contributed by atoms with Crippen LogP contribution in [0.15, 0.2) is 4.99 Å². The summed E-state index contributed by atoms with van der Waals surface area (Å²) in [5.41, 5.74) is 6.00. The third-order valence-electron chi connectivity index (χ3n) is 4.51. The second kappa shape index (κ2) is 5.74. The first-order valence-corrected chi connectivity index (χ1v) is 7.23. The third kappa shape index (κ3) is 3.62. The number of hydrogen-bond donors (Lipinski definition) is 1. The Morgan fingerprint density at radius 3 is 2.24 bits per heavy atom. The monoisotopic (exact) mass is 237 g/mol. The standard InChI is InChI=1S/C14H27N3/c1-3-11-4-6-12(7-5-11)10-16-14(15)17(2)13-8-9-13/h11-13H,3-10H2,1-2H3,(H2,15,16). The molecule has 2 fully saturated rings. The largest absolute Gasteiger partial charge is 0.370 e. The van der Waals surface area contributed by atoms with E-state index in [1.54, 1.807) is 0 Å². The fourth-order valence-electron chi connectivity index (χ4n) is 2.81. The topological polar surface area (TPSA) is 41.6 Å². The molecule has 0 unspecified atom stereocenters. The van der Waals surface area contributed by atoms with Crippen molar-refractivity contribution in [1.82, 2.24) is 4.90 Å². The molecule has 0 aromatic heterocycles. The van der Waals surface area contributed by atoms with Gasteiger partial charge >= 0.3 is 0 Å². The van der Waals surface area contributed by atoms with Gasteiger partial charge in [0, 0.05) is 19.6 Å². The molecule has 0 amide bonds. The normalized spacial score (nSPS) is 30.4. The van der Waals surface area contributed by atoms with Crippen LogP contribution in [0.25, 0.3) is 0 Å². The molecular formula is C14H27N3. The first-order valence-electron chi connectivity index (χ1n) is 7.23. The van der Waals surface area contributed by atoms with Gasteiger partial charge < -0.3 is 10.6 Å². The van der Waals surface area contributed by atoms with Gasteiger partial charge in [-0.3, -0.25) is 4.99 Å². The Morgan fingerprint density at radius 1 is 1.12 bits per heavy atom. The molecule has 0 aromatic carbocycles. The van der Waals surface area contributed by atoms with Gasteiger partial charge in [0.15, 0.2) is 5.96 Å². The van der Waals surface area contributed by atoms with Crippen molar-refractivity contribution in [2.45, 2.75) is 57.9 Å². The third-order valence-corrected chi connectivity index (χ3v) is 4.51. The zero-order valence-electron chi connectivity index (χ0n) is 11.4. The lowest BCUT2D eigenvalue weighted by Crippen LogP contribution is -2.36. The minimum absolute atomic E-state index is 0.676. The van der Waals surface area contributed by atoms with Crippen molar-refractivity contribution in [3.63, 3.8) is 0 Å². The van der Waals surface area contributed by atoms with Crippen LogP contribution in [0.3, 0.4) is 0 Å². The SMILES string of the molecule is CCC1CCC(CN=C(N)N(C)C2CC2)CC1. The summed E-state index contributed by atoms with van der Waals surface area (Å²) in [5, 5.41) is 0. The second-order valence-corrected chi connectivity index (χ2v) is 5.84. The molecule has 98 valence electrons. The maximum absolute atomic E-state index is 6.00. The van der Waals surface area contributed by atoms with E-state index in [1.165, 1.54) is 44.9 Å². The summed E-state index contributed by atoms with van der Waals surface area (Å²) in [6.45, 7) is 3.26. The molecule has 0 radical (unpaired) electrons. The highest BCUT2D eigenvalue weighted by Crippen LogP contribution is 2.30. The molecule has 0 bridgehead atoms. The quantitative estimate of drug-likeness (QED) is 0.603. The van der Waals surface area contributed by atoms with E-state index in [-0.39, 0.29) is 0 Å². The van der Waals surface area contributed by atoms with Gasteiger partial charge in [0.05, 0.1) is 0 Å². The predicted molar refractivity (Wildman–Crippen MR) is 73.0 cm³/mol. The van der Waals surface area contributed by atoms with Crippen molar-refractivity contribution in [3.8, 4) is 0 Å². The molecule has 17 heavy (non-hydrogen) atoms. The molecule has 0 atom stereocenters. The molecule has 2 aliphatic rings. The highest BCUT2D eigenvalue weighted by molar-refractivity contribution is 5.78. The Labute approximate surface area is 105 Å². The summed E-state index contributed by atoms with van der Waals surface area (Å²) in [7, 11) is 2.07. The van der Waals surface area contributed by atoms with Gasteiger partial charge in [0.25, 0.3) is 0 Å². The lowest BCUT2D eigenvalue weighted by molar-refractivity contribution is 0.274. The van der Waals surface area contributed by atoms with Crippen molar-refractivity contribution in [3.05, 3.63) is 0 Å². The van der Waals surface area contributed by atoms with Gasteiger partial charge in [-0.25, -0.2) is 0 Å². The zero-order valence-corrected chi connectivity index (χ0v) is 11.4. The van der Waals surface area contributed by atoms with E-state index in [2.05, 4.69) is 23.9 Å². The van der Waals surface area contributed by atoms with E-state index >= 15 is 0 Å². The Balaban J connectivity index is 1.72. The van der Waals surface area contributed by atoms with Crippen molar-refractivity contribution in [1.29, 1.82) is 0 Å². The Hall–Kier alpha value is -0.730. The number of nitrogens with zero attached hydrogens (tertiary/aromatic N) is 2. The number of hydrogen-bond acceptors (Lipinski definition) is 1. The summed E-state index contributed by atoms with van der Waals surface area (Å²) in [4.78, 5) is 6.73. The van der Waals surface area contributed by atoms with Crippen LogP contribution in [0.2, 0.25) is 0 Å². The maximum atomic E-state index is 6.00. The Kier molecular flexibility index (Phi) is 4.30. The van der Waals surface area contributed by atoms with Gasteiger partial charge in [0.1, 0.15) is 0 Å². The van der Waals surface area contributed by atoms with Crippen molar-refractivity contribution in [2.24, 2.45) is 22.6 Å². The van der Waals surface area contributed by atoms with Gasteiger partial charge in [-0.05, 0) is 37.5 Å². The van der Waals surface area contributed by atoms with Crippen molar-refractivity contribution < 1.29 is 0 Å². The van der Waals surface area contributed by atoms with Crippen LogP contribution in [0.5, 0.6) is 0 Å². The number of rotatable bonds is 4. The summed E-state index contributed by atoms with van der Waals surface area (Å²) >= 11 is 0. The van der Waals surface area contributed by atoms with Gasteiger partial charge in [-0.1, -0.05) is 26.2 Å². The number of nitrogens with two attached hydrogens (primary N) is 1. The van der Waals surface area contributed by atoms with Crippen LogP contribution in [0.1, 0.15) is 51.9 Å². The first-order chi connectivity index (χ1) is 8.20. The fraction of sp³-hybridized carbons (Fsp3) is 0.929. The molecule has 2 rings (SSSR count). The van der Waals surface area contributed by atoms with Gasteiger partial charge in [-0.2, -0.15) is 0 Å². The minimum atomic E-state index is 0.676. The van der Waals surface area contributed by atoms with E-state index in [4.69, 9.17) is 5.73 Å². The fourth-order valence-corrected chi connectivity index (χ4v) is 2.81. The van der Waals surface area contributed by atoms with Gasteiger partial charge in [0.2, 0.25) is 0 Å². The molecule has 0 spiro atoms.